The van der Waals surface area contributed by atoms with Crippen molar-refractivity contribution in [1.29, 1.82) is 0 Å². The summed E-state index contributed by atoms with van der Waals surface area (Å²) in [6, 6.07) is 6.71. The lowest BCUT2D eigenvalue weighted by Crippen LogP contribution is -2.47. The topological polar surface area (TPSA) is 69.4 Å². The van der Waals surface area contributed by atoms with E-state index in [0.29, 0.717) is 22.6 Å². The number of alkyl halides is 3. The molecule has 4 heterocycles. The molecule has 3 aliphatic rings. The minimum absolute atomic E-state index is 0. The van der Waals surface area contributed by atoms with Gasteiger partial charge in [-0.15, -0.1) is 0 Å². The number of nitrogens with zero attached hydrogens (tertiary/aromatic N) is 4. The van der Waals surface area contributed by atoms with Crippen LogP contribution >= 0.6 is 0 Å². The third kappa shape index (κ3) is 4.14. The number of hydrogen-bond donors (Lipinski definition) is 0. The van der Waals surface area contributed by atoms with Crippen molar-refractivity contribution in [2.24, 2.45) is 0 Å². The summed E-state index contributed by atoms with van der Waals surface area (Å²) in [6.45, 7) is 2.50. The van der Waals surface area contributed by atoms with Crippen LogP contribution < -0.4 is 10.3 Å². The second-order valence-corrected chi connectivity index (χ2v) is 9.61. The number of imidazole rings is 1. The molecule has 0 N–H and O–H groups in total. The van der Waals surface area contributed by atoms with Gasteiger partial charge in [0, 0.05) is 31.4 Å². The number of carbonyl (C=O) groups excluding carboxylic acids is 1. The molecule has 0 radical (unpaired) electrons. The molecule has 0 unspecified atom stereocenters. The van der Waals surface area contributed by atoms with Crippen LogP contribution in [0.2, 0.25) is 0 Å². The zero-order valence-electron chi connectivity index (χ0n) is 19.5. The highest BCUT2D eigenvalue weighted by molar-refractivity contribution is 5.94. The van der Waals surface area contributed by atoms with Crippen LogP contribution in [0, 0.1) is 6.92 Å². The van der Waals surface area contributed by atoms with Gasteiger partial charge in [-0.1, -0.05) is 7.43 Å². The van der Waals surface area contributed by atoms with Crippen LogP contribution in [0.5, 0.6) is 5.75 Å². The molecular weight excluding hydrogens is 485 g/mol. The van der Waals surface area contributed by atoms with Crippen molar-refractivity contribution in [1.82, 2.24) is 19.0 Å². The van der Waals surface area contributed by atoms with E-state index in [0.717, 1.165) is 37.1 Å². The van der Waals surface area contributed by atoms with Crippen molar-refractivity contribution in [3.8, 4) is 11.4 Å². The van der Waals surface area contributed by atoms with Crippen LogP contribution in [0.3, 0.4) is 0 Å². The Bertz CT molecular complexity index is 1480. The van der Waals surface area contributed by atoms with Crippen LogP contribution in [0.15, 0.2) is 53.7 Å². The second-order valence-electron chi connectivity index (χ2n) is 9.61. The molecule has 10 heteroatoms. The van der Waals surface area contributed by atoms with E-state index >= 15 is 0 Å². The molecule has 0 atom stereocenters. The van der Waals surface area contributed by atoms with E-state index in [4.69, 9.17) is 4.74 Å². The first kappa shape index (κ1) is 24.9. The lowest BCUT2D eigenvalue weighted by Gasteiger charge is -2.44. The lowest BCUT2D eigenvalue weighted by molar-refractivity contribution is -0.137. The predicted octanol–water partition coefficient (Wildman–Crippen LogP) is 4.85. The van der Waals surface area contributed by atoms with Crippen molar-refractivity contribution in [2.75, 3.05) is 13.1 Å². The van der Waals surface area contributed by atoms with Crippen LogP contribution in [-0.4, -0.2) is 43.6 Å². The first-order chi connectivity index (χ1) is 17.1. The number of aryl methyl sites for hydroxylation is 1. The standard InChI is InChI=1S/C26H23F3N4O3.CH4/c1-16-13-32(15-30-16)20-4-5-21-23(34)31(9-10-33(21)24(20)35)14-17-12-25(7-2-8-25)36-22-6-3-18(11-19(17)22)26(27,28)29;/h3-6,11-13,15H,2,7-10,14H2,1H3;1H4. The monoisotopic (exact) mass is 512 g/mol. The van der Waals surface area contributed by atoms with Gasteiger partial charge >= 0.3 is 6.18 Å². The number of pyridine rings is 1. The van der Waals surface area contributed by atoms with E-state index in [2.05, 4.69) is 4.98 Å². The number of fused-ring (bicyclic) bond motifs is 2. The van der Waals surface area contributed by atoms with Crippen molar-refractivity contribution in [2.45, 2.75) is 51.9 Å². The summed E-state index contributed by atoms with van der Waals surface area (Å²) in [5, 5.41) is 0. The van der Waals surface area contributed by atoms with E-state index in [1.807, 2.05) is 13.0 Å². The number of amides is 1. The Labute approximate surface area is 211 Å². The SMILES string of the molecule is C.Cc1cn(-c2ccc3n(c2=O)CCN(CC2=CC4(CCC4)Oc4ccc(C(F)(F)F)cc42)C3=O)cn1. The fourth-order valence-electron chi connectivity index (χ4n) is 5.16. The maximum Gasteiger partial charge on any atom is 0.416 e. The van der Waals surface area contributed by atoms with Gasteiger partial charge in [-0.25, -0.2) is 4.98 Å². The summed E-state index contributed by atoms with van der Waals surface area (Å²) < 4.78 is 49.5. The van der Waals surface area contributed by atoms with Gasteiger partial charge in [-0.2, -0.15) is 13.2 Å². The van der Waals surface area contributed by atoms with Crippen LogP contribution in [0.4, 0.5) is 13.2 Å². The Morgan fingerprint density at radius 1 is 1.11 bits per heavy atom. The van der Waals surface area contributed by atoms with Crippen LogP contribution in [-0.2, 0) is 12.7 Å². The minimum atomic E-state index is -4.49. The molecular formula is C27H27F3N4O3. The number of carbonyl (C=O) groups is 1. The number of aromatic nitrogens is 3. The van der Waals surface area contributed by atoms with E-state index in [-0.39, 0.29) is 44.2 Å². The van der Waals surface area contributed by atoms with Gasteiger partial charge in [0.15, 0.2) is 0 Å². The highest BCUT2D eigenvalue weighted by Crippen LogP contribution is 2.47. The van der Waals surface area contributed by atoms with Gasteiger partial charge in [-0.3, -0.25) is 9.59 Å². The third-order valence-corrected chi connectivity index (χ3v) is 7.21. The highest BCUT2D eigenvalue weighted by atomic mass is 19.4. The molecule has 0 bridgehead atoms. The molecule has 6 rings (SSSR count). The van der Waals surface area contributed by atoms with Gasteiger partial charge < -0.3 is 18.8 Å². The summed E-state index contributed by atoms with van der Waals surface area (Å²) in [6.07, 6.45) is 3.21. The molecule has 2 aliphatic heterocycles. The normalized spacial score (nSPS) is 17.8. The van der Waals surface area contributed by atoms with Gasteiger partial charge in [0.05, 0.1) is 17.6 Å². The van der Waals surface area contributed by atoms with Crippen LogP contribution in [0.1, 0.15) is 54.0 Å². The fourth-order valence-corrected chi connectivity index (χ4v) is 5.16. The number of rotatable bonds is 3. The van der Waals surface area contributed by atoms with Gasteiger partial charge in [-0.05, 0) is 68.2 Å². The molecule has 37 heavy (non-hydrogen) atoms. The smallest absolute Gasteiger partial charge is 0.416 e. The third-order valence-electron chi connectivity index (χ3n) is 7.21. The maximum absolute atomic E-state index is 13.4. The summed E-state index contributed by atoms with van der Waals surface area (Å²) in [5.41, 5.74) is 0.813. The summed E-state index contributed by atoms with van der Waals surface area (Å²) in [5.74, 6) is 0.0665. The van der Waals surface area contributed by atoms with Gasteiger partial charge in [0.25, 0.3) is 11.5 Å². The Morgan fingerprint density at radius 3 is 2.54 bits per heavy atom. The summed E-state index contributed by atoms with van der Waals surface area (Å²) in [4.78, 5) is 32.2. The molecule has 1 aliphatic carbocycles. The quantitative estimate of drug-likeness (QED) is 0.503. The van der Waals surface area contributed by atoms with Crippen molar-refractivity contribution in [3.63, 3.8) is 0 Å². The molecule has 1 aromatic carbocycles. The average molecular weight is 513 g/mol. The Hall–Kier alpha value is -3.82. The van der Waals surface area contributed by atoms with Gasteiger partial charge in [0.1, 0.15) is 22.7 Å². The molecule has 3 aromatic rings. The van der Waals surface area contributed by atoms with E-state index in [1.165, 1.54) is 10.6 Å². The molecule has 194 valence electrons. The van der Waals surface area contributed by atoms with Crippen molar-refractivity contribution < 1.29 is 22.7 Å². The minimum Gasteiger partial charge on any atom is -0.483 e. The molecule has 1 saturated carbocycles. The Morgan fingerprint density at radius 2 is 1.89 bits per heavy atom. The first-order valence-electron chi connectivity index (χ1n) is 11.8. The molecule has 0 saturated heterocycles. The molecule has 1 spiro atoms. The predicted molar refractivity (Wildman–Crippen MR) is 132 cm³/mol. The molecule has 2 aromatic heterocycles. The van der Waals surface area contributed by atoms with E-state index < -0.39 is 17.3 Å². The maximum atomic E-state index is 13.4. The summed E-state index contributed by atoms with van der Waals surface area (Å²) >= 11 is 0. The number of benzene rings is 1. The number of halogens is 3. The largest absolute Gasteiger partial charge is 0.483 e. The number of ether oxygens (including phenoxy) is 1. The summed E-state index contributed by atoms with van der Waals surface area (Å²) in [7, 11) is 0. The number of hydrogen-bond acceptors (Lipinski definition) is 4. The zero-order valence-corrected chi connectivity index (χ0v) is 19.5. The highest BCUT2D eigenvalue weighted by Gasteiger charge is 2.42. The van der Waals surface area contributed by atoms with E-state index in [1.54, 1.807) is 34.1 Å². The average Bonchev–Trinajstić information content (AvgIpc) is 3.25. The second kappa shape index (κ2) is 8.64. The van der Waals surface area contributed by atoms with Gasteiger partial charge in [0.2, 0.25) is 0 Å². The van der Waals surface area contributed by atoms with Crippen molar-refractivity contribution >= 4 is 11.5 Å². The first-order valence-corrected chi connectivity index (χ1v) is 11.8. The molecule has 1 fully saturated rings. The zero-order chi connectivity index (χ0) is 25.2. The van der Waals surface area contributed by atoms with Crippen molar-refractivity contribution in [3.05, 3.63) is 81.8 Å². The van der Waals surface area contributed by atoms with Crippen LogP contribution in [0.25, 0.3) is 11.3 Å². The van der Waals surface area contributed by atoms with E-state index in [9.17, 15) is 22.8 Å². The lowest BCUT2D eigenvalue weighted by atomic mass is 9.76. The Balaban J connectivity index is 0.00000280. The fraction of sp³-hybridized carbons (Fsp3) is 0.370. The molecule has 7 nitrogen and oxygen atoms in total. The molecule has 1 amide bonds. The Kier molecular flexibility index (Phi) is 5.80.